The van der Waals surface area contributed by atoms with Crippen molar-refractivity contribution in [3.8, 4) is 17.0 Å². The molecule has 5 heteroatoms. The van der Waals surface area contributed by atoms with Gasteiger partial charge in [0.05, 0.1) is 19.4 Å². The number of rotatable bonds is 5. The molecule has 0 aliphatic carbocycles. The van der Waals surface area contributed by atoms with Crippen molar-refractivity contribution in [3.63, 3.8) is 0 Å². The number of methoxy groups -OCH3 is 1. The van der Waals surface area contributed by atoms with Crippen molar-refractivity contribution < 1.29 is 14.6 Å². The molecule has 2 aromatic rings. The Morgan fingerprint density at radius 3 is 2.81 bits per heavy atom. The Balaban J connectivity index is 2.36. The zero-order valence-electron chi connectivity index (χ0n) is 12.0. The van der Waals surface area contributed by atoms with E-state index in [1.807, 2.05) is 18.2 Å². The summed E-state index contributed by atoms with van der Waals surface area (Å²) in [6.07, 6.45) is 1.69. The third kappa shape index (κ3) is 3.58. The summed E-state index contributed by atoms with van der Waals surface area (Å²) in [5.74, 6) is 0.414. The van der Waals surface area contributed by atoms with Crippen LogP contribution in [0.15, 0.2) is 42.6 Å². The summed E-state index contributed by atoms with van der Waals surface area (Å²) in [6, 6.07) is 10.4. The van der Waals surface area contributed by atoms with E-state index in [9.17, 15) is 4.79 Å². The summed E-state index contributed by atoms with van der Waals surface area (Å²) in [5, 5.41) is 11.7. The first-order chi connectivity index (χ1) is 10.2. The topological polar surface area (TPSA) is 71.5 Å². The van der Waals surface area contributed by atoms with Crippen LogP contribution in [0.25, 0.3) is 11.3 Å². The molecule has 1 atom stereocenters. The van der Waals surface area contributed by atoms with Crippen molar-refractivity contribution >= 4 is 5.91 Å². The molecule has 0 saturated heterocycles. The first kappa shape index (κ1) is 15.0. The second kappa shape index (κ2) is 6.85. The van der Waals surface area contributed by atoms with Crippen LogP contribution < -0.4 is 10.1 Å². The zero-order chi connectivity index (χ0) is 15.2. The average Bonchev–Trinajstić information content (AvgIpc) is 2.54. The number of nitrogens with zero attached hydrogens (tertiary/aromatic N) is 1. The van der Waals surface area contributed by atoms with E-state index in [1.165, 1.54) is 0 Å². The number of benzene rings is 1. The molecule has 1 aromatic carbocycles. The van der Waals surface area contributed by atoms with Gasteiger partial charge in [-0.15, -0.1) is 0 Å². The first-order valence-electron chi connectivity index (χ1n) is 6.67. The van der Waals surface area contributed by atoms with Crippen LogP contribution in [-0.2, 0) is 0 Å². The van der Waals surface area contributed by atoms with Crippen molar-refractivity contribution in [2.75, 3.05) is 13.7 Å². The van der Waals surface area contributed by atoms with Gasteiger partial charge < -0.3 is 15.2 Å². The van der Waals surface area contributed by atoms with Crippen LogP contribution in [0.3, 0.4) is 0 Å². The van der Waals surface area contributed by atoms with Crippen LogP contribution in [0.5, 0.6) is 5.75 Å². The summed E-state index contributed by atoms with van der Waals surface area (Å²) >= 11 is 0. The molecular formula is C16H18N2O3. The minimum absolute atomic E-state index is 0.102. The molecule has 2 rings (SSSR count). The molecule has 1 amide bonds. The SMILES string of the molecule is COc1ccc(C(=O)NC(C)CO)cc1-c1ccccn1. The summed E-state index contributed by atoms with van der Waals surface area (Å²) in [6.45, 7) is 1.63. The van der Waals surface area contributed by atoms with Gasteiger partial charge in [0.2, 0.25) is 0 Å². The fraction of sp³-hybridized carbons (Fsp3) is 0.250. The van der Waals surface area contributed by atoms with E-state index in [0.717, 1.165) is 11.3 Å². The Labute approximate surface area is 123 Å². The molecule has 0 bridgehead atoms. The summed E-state index contributed by atoms with van der Waals surface area (Å²) in [4.78, 5) is 16.4. The van der Waals surface area contributed by atoms with Crippen molar-refractivity contribution in [1.29, 1.82) is 0 Å². The Morgan fingerprint density at radius 2 is 2.19 bits per heavy atom. The highest BCUT2D eigenvalue weighted by Gasteiger charge is 2.13. The standard InChI is InChI=1S/C16H18N2O3/c1-11(10-19)18-16(20)12-6-7-15(21-2)13(9-12)14-5-3-4-8-17-14/h3-9,11,19H,10H2,1-2H3,(H,18,20). The lowest BCUT2D eigenvalue weighted by Crippen LogP contribution is -2.34. The number of aromatic nitrogens is 1. The van der Waals surface area contributed by atoms with Crippen LogP contribution in [0.2, 0.25) is 0 Å². The van der Waals surface area contributed by atoms with Gasteiger partial charge in [-0.2, -0.15) is 0 Å². The van der Waals surface area contributed by atoms with E-state index >= 15 is 0 Å². The lowest BCUT2D eigenvalue weighted by Gasteiger charge is -2.13. The van der Waals surface area contributed by atoms with Crippen LogP contribution in [0.1, 0.15) is 17.3 Å². The minimum atomic E-state index is -0.294. The number of carbonyl (C=O) groups is 1. The second-order valence-corrected chi connectivity index (χ2v) is 4.69. The lowest BCUT2D eigenvalue weighted by atomic mass is 10.1. The largest absolute Gasteiger partial charge is 0.496 e. The zero-order valence-corrected chi connectivity index (χ0v) is 12.0. The van der Waals surface area contributed by atoms with Crippen LogP contribution in [0, 0.1) is 0 Å². The molecule has 0 radical (unpaired) electrons. The number of ether oxygens (including phenoxy) is 1. The summed E-state index contributed by atoms with van der Waals surface area (Å²) in [5.41, 5.74) is 1.98. The number of hydrogen-bond donors (Lipinski definition) is 2. The number of nitrogens with one attached hydrogen (secondary N) is 1. The van der Waals surface area contributed by atoms with Gasteiger partial charge in [0.15, 0.2) is 0 Å². The first-order valence-corrected chi connectivity index (χ1v) is 6.67. The Hall–Kier alpha value is -2.40. The number of amides is 1. The Kier molecular flexibility index (Phi) is 4.90. The molecule has 0 aliphatic rings. The van der Waals surface area contributed by atoms with Gasteiger partial charge in [-0.3, -0.25) is 9.78 Å². The molecule has 21 heavy (non-hydrogen) atoms. The molecule has 1 aromatic heterocycles. The number of aliphatic hydroxyl groups excluding tert-OH is 1. The normalized spacial score (nSPS) is 11.8. The molecule has 1 heterocycles. The number of hydrogen-bond acceptors (Lipinski definition) is 4. The van der Waals surface area contributed by atoms with E-state index in [1.54, 1.807) is 38.4 Å². The predicted octanol–water partition coefficient (Wildman–Crippen LogP) is 1.87. The maximum Gasteiger partial charge on any atom is 0.251 e. The average molecular weight is 286 g/mol. The third-order valence-corrected chi connectivity index (χ3v) is 3.05. The maximum absolute atomic E-state index is 12.1. The second-order valence-electron chi connectivity index (χ2n) is 4.69. The van der Waals surface area contributed by atoms with E-state index in [2.05, 4.69) is 10.3 Å². The number of aliphatic hydroxyl groups is 1. The Bertz CT molecular complexity index is 614. The summed E-state index contributed by atoms with van der Waals surface area (Å²) in [7, 11) is 1.58. The maximum atomic E-state index is 12.1. The van der Waals surface area contributed by atoms with Crippen LogP contribution >= 0.6 is 0 Å². The quantitative estimate of drug-likeness (QED) is 0.880. The molecular weight excluding hydrogens is 268 g/mol. The van der Waals surface area contributed by atoms with E-state index in [-0.39, 0.29) is 18.6 Å². The van der Waals surface area contributed by atoms with Crippen LogP contribution in [-0.4, -0.2) is 35.8 Å². The molecule has 0 aliphatic heterocycles. The van der Waals surface area contributed by atoms with Gasteiger partial charge in [-0.1, -0.05) is 6.07 Å². The molecule has 110 valence electrons. The van der Waals surface area contributed by atoms with Gasteiger partial charge in [-0.05, 0) is 37.3 Å². The fourth-order valence-electron chi connectivity index (χ4n) is 1.92. The molecule has 0 spiro atoms. The van der Waals surface area contributed by atoms with Gasteiger partial charge in [0, 0.05) is 23.4 Å². The lowest BCUT2D eigenvalue weighted by molar-refractivity contribution is 0.0922. The van der Waals surface area contributed by atoms with Crippen LogP contribution in [0.4, 0.5) is 0 Å². The highest BCUT2D eigenvalue weighted by atomic mass is 16.5. The van der Waals surface area contributed by atoms with Gasteiger partial charge >= 0.3 is 0 Å². The van der Waals surface area contributed by atoms with Crippen molar-refractivity contribution in [3.05, 3.63) is 48.2 Å². The van der Waals surface area contributed by atoms with E-state index in [4.69, 9.17) is 9.84 Å². The van der Waals surface area contributed by atoms with Gasteiger partial charge in [0.25, 0.3) is 5.91 Å². The monoisotopic (exact) mass is 286 g/mol. The third-order valence-electron chi connectivity index (χ3n) is 3.05. The van der Waals surface area contributed by atoms with Gasteiger partial charge in [0.1, 0.15) is 5.75 Å². The minimum Gasteiger partial charge on any atom is -0.496 e. The highest BCUT2D eigenvalue weighted by molar-refractivity contribution is 5.96. The molecule has 2 N–H and O–H groups in total. The molecule has 0 fully saturated rings. The van der Waals surface area contributed by atoms with Crippen molar-refractivity contribution in [1.82, 2.24) is 10.3 Å². The number of carbonyl (C=O) groups excluding carboxylic acids is 1. The molecule has 1 unspecified atom stereocenters. The smallest absolute Gasteiger partial charge is 0.251 e. The van der Waals surface area contributed by atoms with Gasteiger partial charge in [-0.25, -0.2) is 0 Å². The van der Waals surface area contributed by atoms with E-state index < -0.39 is 0 Å². The van der Waals surface area contributed by atoms with Crippen molar-refractivity contribution in [2.45, 2.75) is 13.0 Å². The number of pyridine rings is 1. The summed E-state index contributed by atoms with van der Waals surface area (Å²) < 4.78 is 5.33. The fourth-order valence-corrected chi connectivity index (χ4v) is 1.92. The Morgan fingerprint density at radius 1 is 1.38 bits per heavy atom. The van der Waals surface area contributed by atoms with Crippen molar-refractivity contribution in [2.24, 2.45) is 0 Å². The van der Waals surface area contributed by atoms with E-state index in [0.29, 0.717) is 11.3 Å². The predicted molar refractivity (Wildman–Crippen MR) is 80.2 cm³/mol. The molecule has 5 nitrogen and oxygen atoms in total. The highest BCUT2D eigenvalue weighted by Crippen LogP contribution is 2.29. The molecule has 0 saturated carbocycles.